The van der Waals surface area contributed by atoms with Crippen molar-refractivity contribution in [2.45, 2.75) is 26.6 Å². The number of rotatable bonds is 6. The number of furan rings is 1. The first-order valence-corrected chi connectivity index (χ1v) is 9.89. The Bertz CT molecular complexity index is 1450. The van der Waals surface area contributed by atoms with E-state index in [1.165, 1.54) is 30.3 Å². The van der Waals surface area contributed by atoms with E-state index in [0.29, 0.717) is 5.56 Å². The summed E-state index contributed by atoms with van der Waals surface area (Å²) in [6, 6.07) is 11.2. The van der Waals surface area contributed by atoms with Gasteiger partial charge in [0.05, 0.1) is 5.39 Å². The molecule has 7 nitrogen and oxygen atoms in total. The SMILES string of the molecule is Cc1ccc(C)c(Oc2c(C(F)(F)F)oc3cc(OCc4ccc(C(=O)[O-])o4)ccc3c2=O)c1. The Morgan fingerprint density at radius 2 is 1.79 bits per heavy atom. The van der Waals surface area contributed by atoms with Gasteiger partial charge in [0.1, 0.15) is 41.2 Å². The standard InChI is InChI=1S/C24H17F3O7/c1-12-3-4-13(2)18(9-12)33-21-20(28)16-7-5-14(10-19(16)34-22(21)24(25,26)27)31-11-15-6-8-17(32-15)23(29)30/h3-10H,11H2,1-2H3,(H,29,30)/p-1. The number of fused-ring (bicyclic) bond motifs is 1. The minimum Gasteiger partial charge on any atom is -0.542 e. The molecule has 34 heavy (non-hydrogen) atoms. The minimum absolute atomic E-state index is 0.0679. The predicted molar refractivity (Wildman–Crippen MR) is 111 cm³/mol. The molecule has 0 aliphatic heterocycles. The number of aryl methyl sites for hydroxylation is 2. The van der Waals surface area contributed by atoms with E-state index in [2.05, 4.69) is 0 Å². The Kier molecular flexibility index (Phi) is 5.82. The molecule has 0 amide bonds. The van der Waals surface area contributed by atoms with Crippen LogP contribution in [0, 0.1) is 13.8 Å². The van der Waals surface area contributed by atoms with E-state index in [1.807, 2.05) is 0 Å². The quantitative estimate of drug-likeness (QED) is 0.398. The van der Waals surface area contributed by atoms with E-state index in [-0.39, 0.29) is 34.8 Å². The van der Waals surface area contributed by atoms with Gasteiger partial charge in [-0.3, -0.25) is 4.79 Å². The van der Waals surface area contributed by atoms with Crippen LogP contribution < -0.4 is 20.0 Å². The Morgan fingerprint density at radius 3 is 2.47 bits per heavy atom. The maximum Gasteiger partial charge on any atom is 0.453 e. The lowest BCUT2D eigenvalue weighted by Crippen LogP contribution is -2.21. The summed E-state index contributed by atoms with van der Waals surface area (Å²) in [7, 11) is 0. The molecule has 0 fully saturated rings. The molecule has 0 radical (unpaired) electrons. The second-order valence-electron chi connectivity index (χ2n) is 7.46. The second-order valence-corrected chi connectivity index (χ2v) is 7.46. The first-order chi connectivity index (χ1) is 16.0. The lowest BCUT2D eigenvalue weighted by molar-refractivity contribution is -0.257. The molecule has 176 valence electrons. The number of benzene rings is 2. The number of hydrogen-bond donors (Lipinski definition) is 0. The van der Waals surface area contributed by atoms with Crippen molar-refractivity contribution >= 4 is 16.9 Å². The van der Waals surface area contributed by atoms with Gasteiger partial charge in [0.25, 0.3) is 5.76 Å². The van der Waals surface area contributed by atoms with Gasteiger partial charge in [-0.15, -0.1) is 0 Å². The molecular formula is C24H16F3O7-. The first-order valence-electron chi connectivity index (χ1n) is 9.89. The van der Waals surface area contributed by atoms with Gasteiger partial charge in [0, 0.05) is 6.07 Å². The topological polar surface area (TPSA) is 102 Å². The highest BCUT2D eigenvalue weighted by atomic mass is 19.4. The molecule has 0 aliphatic carbocycles. The summed E-state index contributed by atoms with van der Waals surface area (Å²) in [4.78, 5) is 23.7. The van der Waals surface area contributed by atoms with Crippen molar-refractivity contribution in [2.24, 2.45) is 0 Å². The smallest absolute Gasteiger partial charge is 0.453 e. The number of ether oxygens (including phenoxy) is 2. The molecule has 2 aromatic carbocycles. The van der Waals surface area contributed by atoms with Crippen molar-refractivity contribution < 1.29 is 41.4 Å². The summed E-state index contributed by atoms with van der Waals surface area (Å²) in [5.41, 5.74) is -0.0742. The fourth-order valence-electron chi connectivity index (χ4n) is 3.17. The van der Waals surface area contributed by atoms with Crippen LogP contribution in [-0.2, 0) is 12.8 Å². The Balaban J connectivity index is 1.71. The molecule has 2 heterocycles. The van der Waals surface area contributed by atoms with E-state index >= 15 is 0 Å². The zero-order valence-corrected chi connectivity index (χ0v) is 17.8. The Labute approximate surface area is 189 Å². The third kappa shape index (κ3) is 4.61. The van der Waals surface area contributed by atoms with Crippen LogP contribution in [-0.4, -0.2) is 5.97 Å². The third-order valence-electron chi connectivity index (χ3n) is 4.88. The molecule has 0 saturated heterocycles. The zero-order chi connectivity index (χ0) is 24.6. The zero-order valence-electron chi connectivity index (χ0n) is 17.8. The van der Waals surface area contributed by atoms with Gasteiger partial charge >= 0.3 is 6.18 Å². The number of hydrogen-bond acceptors (Lipinski definition) is 7. The predicted octanol–water partition coefficient (Wildman–Crippen LogP) is 4.76. The van der Waals surface area contributed by atoms with E-state index in [0.717, 1.165) is 11.6 Å². The Hall–Kier alpha value is -4.21. The average Bonchev–Trinajstić information content (AvgIpc) is 3.25. The summed E-state index contributed by atoms with van der Waals surface area (Å²) in [5.74, 6) is -4.12. The lowest BCUT2D eigenvalue weighted by Gasteiger charge is -2.15. The van der Waals surface area contributed by atoms with Crippen molar-refractivity contribution in [1.29, 1.82) is 0 Å². The Morgan fingerprint density at radius 1 is 1.03 bits per heavy atom. The van der Waals surface area contributed by atoms with E-state index in [4.69, 9.17) is 18.3 Å². The fourth-order valence-corrected chi connectivity index (χ4v) is 3.17. The van der Waals surface area contributed by atoms with Crippen LogP contribution in [0.3, 0.4) is 0 Å². The highest BCUT2D eigenvalue weighted by Gasteiger charge is 2.40. The van der Waals surface area contributed by atoms with Crippen molar-refractivity contribution in [3.63, 3.8) is 0 Å². The number of carboxylic acid groups (broad SMARTS) is 1. The summed E-state index contributed by atoms with van der Waals surface area (Å²) in [6.07, 6.45) is -5.01. The van der Waals surface area contributed by atoms with Crippen LogP contribution in [0.1, 0.15) is 33.2 Å². The average molecular weight is 473 g/mol. The largest absolute Gasteiger partial charge is 0.542 e. The molecule has 0 spiro atoms. The number of aromatic carboxylic acids is 1. The van der Waals surface area contributed by atoms with Crippen LogP contribution >= 0.6 is 0 Å². The summed E-state index contributed by atoms with van der Waals surface area (Å²) >= 11 is 0. The maximum atomic E-state index is 13.8. The van der Waals surface area contributed by atoms with Crippen molar-refractivity contribution in [2.75, 3.05) is 0 Å². The van der Waals surface area contributed by atoms with E-state index in [1.54, 1.807) is 26.0 Å². The van der Waals surface area contributed by atoms with Crippen LogP contribution in [0.5, 0.6) is 17.2 Å². The maximum absolute atomic E-state index is 13.8. The van der Waals surface area contributed by atoms with E-state index in [9.17, 15) is 27.9 Å². The van der Waals surface area contributed by atoms with Gasteiger partial charge in [0.15, 0.2) is 0 Å². The van der Waals surface area contributed by atoms with Crippen LogP contribution in [0.2, 0.25) is 0 Å². The third-order valence-corrected chi connectivity index (χ3v) is 4.88. The monoisotopic (exact) mass is 473 g/mol. The molecule has 10 heteroatoms. The summed E-state index contributed by atoms with van der Waals surface area (Å²) < 4.78 is 62.2. The number of carboxylic acids is 1. The number of carbonyl (C=O) groups excluding carboxylic acids is 1. The van der Waals surface area contributed by atoms with Gasteiger partial charge in [-0.2, -0.15) is 13.2 Å². The normalized spacial score (nSPS) is 11.6. The molecule has 0 N–H and O–H groups in total. The number of halogens is 3. The van der Waals surface area contributed by atoms with Gasteiger partial charge in [0.2, 0.25) is 11.2 Å². The van der Waals surface area contributed by atoms with Crippen LogP contribution in [0.15, 0.2) is 62.2 Å². The van der Waals surface area contributed by atoms with Crippen molar-refractivity contribution in [3.8, 4) is 17.2 Å². The summed E-state index contributed by atoms with van der Waals surface area (Å²) in [5, 5.41) is 10.6. The van der Waals surface area contributed by atoms with Crippen molar-refractivity contribution in [3.05, 3.63) is 87.2 Å². The molecule has 0 atom stereocenters. The number of alkyl halides is 3. The second kappa shape index (κ2) is 8.62. The molecule has 0 aliphatic rings. The molecular weight excluding hydrogens is 457 g/mol. The van der Waals surface area contributed by atoms with Gasteiger partial charge in [-0.1, -0.05) is 12.1 Å². The molecule has 2 aromatic heterocycles. The molecule has 0 bridgehead atoms. The molecule has 0 saturated carbocycles. The highest BCUT2D eigenvalue weighted by molar-refractivity contribution is 5.82. The summed E-state index contributed by atoms with van der Waals surface area (Å²) in [6.45, 7) is 3.16. The molecule has 4 aromatic rings. The van der Waals surface area contributed by atoms with Gasteiger partial charge in [-0.05, 0) is 55.3 Å². The first kappa shape index (κ1) is 23.0. The fraction of sp³-hybridized carbons (Fsp3) is 0.167. The highest BCUT2D eigenvalue weighted by Crippen LogP contribution is 2.39. The van der Waals surface area contributed by atoms with E-state index < -0.39 is 34.8 Å². The lowest BCUT2D eigenvalue weighted by atomic mass is 10.1. The van der Waals surface area contributed by atoms with Gasteiger partial charge < -0.3 is 28.2 Å². The van der Waals surface area contributed by atoms with Crippen molar-refractivity contribution in [1.82, 2.24) is 0 Å². The number of carbonyl (C=O) groups is 1. The molecule has 0 unspecified atom stereocenters. The van der Waals surface area contributed by atoms with Crippen LogP contribution in [0.25, 0.3) is 11.0 Å². The van der Waals surface area contributed by atoms with Gasteiger partial charge in [-0.25, -0.2) is 0 Å². The molecule has 4 rings (SSSR count). The van der Waals surface area contributed by atoms with Crippen LogP contribution in [0.4, 0.5) is 13.2 Å². The minimum atomic E-state index is -5.01.